The van der Waals surface area contributed by atoms with Gasteiger partial charge < -0.3 is 10.8 Å². The number of benzene rings is 2. The number of nitrogens with two attached hydrogens (primary N) is 1. The zero-order chi connectivity index (χ0) is 15.1. The molecular weight excluding hydrogens is 354 g/mol. The molecule has 3 aromatic rings. The quantitative estimate of drug-likeness (QED) is 0.678. The highest BCUT2D eigenvalue weighted by Crippen LogP contribution is 2.32. The molecule has 0 spiro atoms. The minimum Gasteiger partial charge on any atom is -0.399 e. The first-order valence-corrected chi connectivity index (χ1v) is 7.52. The second-order valence-electron chi connectivity index (χ2n) is 4.82. The van der Waals surface area contributed by atoms with Crippen molar-refractivity contribution in [1.82, 2.24) is 9.55 Å². The summed E-state index contributed by atoms with van der Waals surface area (Å²) in [5.41, 5.74) is 9.85. The van der Waals surface area contributed by atoms with Crippen molar-refractivity contribution in [3.63, 3.8) is 0 Å². The molecule has 0 bridgehead atoms. The van der Waals surface area contributed by atoms with Gasteiger partial charge in [0.2, 0.25) is 0 Å². The number of aryl methyl sites for hydroxylation is 1. The van der Waals surface area contributed by atoms with Gasteiger partial charge in [0, 0.05) is 15.2 Å². The number of hydrogen-bond donors (Lipinski definition) is 2. The summed E-state index contributed by atoms with van der Waals surface area (Å²) in [6.07, 6.45) is 0. The van der Waals surface area contributed by atoms with Crippen molar-refractivity contribution in [1.29, 1.82) is 0 Å². The fourth-order valence-electron chi connectivity index (χ4n) is 2.33. The molecular formula is C15H13BrClN3O. The first-order chi connectivity index (χ1) is 10.0. The number of fused-ring (bicyclic) bond motifs is 1. The topological polar surface area (TPSA) is 64.1 Å². The standard InChI is InChI=1S/C15H13BrClN3O/c1-8-4-10(16)14(6-11(8)17)20-13-3-2-9(18)5-12(13)19-15(20)7-21/h2-6,21H,7,18H2,1H3. The Morgan fingerprint density at radius 2 is 2.10 bits per heavy atom. The van der Waals surface area contributed by atoms with Crippen molar-refractivity contribution in [2.75, 3.05) is 5.73 Å². The number of halogens is 2. The van der Waals surface area contributed by atoms with E-state index in [1.165, 1.54) is 0 Å². The third kappa shape index (κ3) is 2.41. The average Bonchev–Trinajstić information content (AvgIpc) is 2.80. The maximum atomic E-state index is 9.60. The minimum atomic E-state index is -0.174. The number of rotatable bonds is 2. The number of aliphatic hydroxyl groups is 1. The molecule has 1 heterocycles. The summed E-state index contributed by atoms with van der Waals surface area (Å²) in [7, 11) is 0. The smallest absolute Gasteiger partial charge is 0.140 e. The highest BCUT2D eigenvalue weighted by atomic mass is 79.9. The molecule has 0 saturated carbocycles. The molecule has 0 aliphatic rings. The number of imidazole rings is 1. The summed E-state index contributed by atoms with van der Waals surface area (Å²) < 4.78 is 2.76. The predicted octanol–water partition coefficient (Wildman–Crippen LogP) is 3.82. The zero-order valence-electron chi connectivity index (χ0n) is 11.3. The van der Waals surface area contributed by atoms with Crippen LogP contribution in [0.25, 0.3) is 16.7 Å². The van der Waals surface area contributed by atoms with Gasteiger partial charge in [0.15, 0.2) is 0 Å². The van der Waals surface area contributed by atoms with E-state index in [9.17, 15) is 5.11 Å². The fourth-order valence-corrected chi connectivity index (χ4v) is 3.12. The second kappa shape index (κ2) is 5.33. The molecule has 0 saturated heterocycles. The number of aliphatic hydroxyl groups excluding tert-OH is 1. The van der Waals surface area contributed by atoms with Gasteiger partial charge in [-0.1, -0.05) is 11.6 Å². The van der Waals surface area contributed by atoms with Crippen LogP contribution >= 0.6 is 27.5 Å². The summed E-state index contributed by atoms with van der Waals surface area (Å²) in [5.74, 6) is 0.538. The van der Waals surface area contributed by atoms with Crippen LogP contribution in [0.15, 0.2) is 34.8 Å². The Morgan fingerprint density at radius 1 is 1.33 bits per heavy atom. The highest BCUT2D eigenvalue weighted by molar-refractivity contribution is 9.10. The van der Waals surface area contributed by atoms with Crippen molar-refractivity contribution < 1.29 is 5.11 Å². The molecule has 6 heteroatoms. The van der Waals surface area contributed by atoms with Gasteiger partial charge in [0.25, 0.3) is 0 Å². The van der Waals surface area contributed by atoms with E-state index in [-0.39, 0.29) is 6.61 Å². The van der Waals surface area contributed by atoms with Crippen LogP contribution < -0.4 is 5.73 Å². The summed E-state index contributed by atoms with van der Waals surface area (Å²) in [6.45, 7) is 1.77. The Hall–Kier alpha value is -1.56. The molecule has 3 rings (SSSR count). The van der Waals surface area contributed by atoms with Crippen molar-refractivity contribution in [3.8, 4) is 5.69 Å². The minimum absolute atomic E-state index is 0.174. The van der Waals surface area contributed by atoms with Gasteiger partial charge in [0.1, 0.15) is 12.4 Å². The summed E-state index contributed by atoms with van der Waals surface area (Å²) in [6, 6.07) is 9.29. The van der Waals surface area contributed by atoms with E-state index < -0.39 is 0 Å². The lowest BCUT2D eigenvalue weighted by Gasteiger charge is -2.12. The van der Waals surface area contributed by atoms with Gasteiger partial charge in [-0.3, -0.25) is 4.57 Å². The molecule has 0 amide bonds. The van der Waals surface area contributed by atoms with Crippen molar-refractivity contribution in [3.05, 3.63) is 51.2 Å². The molecule has 0 unspecified atom stereocenters. The van der Waals surface area contributed by atoms with Crippen LogP contribution in [0.4, 0.5) is 5.69 Å². The number of nitrogen functional groups attached to an aromatic ring is 1. The largest absolute Gasteiger partial charge is 0.399 e. The lowest BCUT2D eigenvalue weighted by Crippen LogP contribution is -2.02. The molecule has 0 aliphatic carbocycles. The van der Waals surface area contributed by atoms with Crippen molar-refractivity contribution in [2.45, 2.75) is 13.5 Å². The van der Waals surface area contributed by atoms with Crippen LogP contribution in [0.3, 0.4) is 0 Å². The fraction of sp³-hybridized carbons (Fsp3) is 0.133. The average molecular weight is 367 g/mol. The zero-order valence-corrected chi connectivity index (χ0v) is 13.6. The monoisotopic (exact) mass is 365 g/mol. The molecule has 3 N–H and O–H groups in total. The van der Waals surface area contributed by atoms with Gasteiger partial charge in [-0.15, -0.1) is 0 Å². The van der Waals surface area contributed by atoms with Crippen LogP contribution in [-0.4, -0.2) is 14.7 Å². The van der Waals surface area contributed by atoms with Gasteiger partial charge in [-0.05, 0) is 58.7 Å². The van der Waals surface area contributed by atoms with Crippen LogP contribution in [-0.2, 0) is 6.61 Å². The van der Waals surface area contributed by atoms with Crippen LogP contribution in [0.5, 0.6) is 0 Å². The molecule has 2 aromatic carbocycles. The second-order valence-corrected chi connectivity index (χ2v) is 6.08. The molecule has 0 atom stereocenters. The third-order valence-corrected chi connectivity index (χ3v) is 4.40. The van der Waals surface area contributed by atoms with E-state index in [1.54, 1.807) is 6.07 Å². The van der Waals surface area contributed by atoms with Gasteiger partial charge in [-0.25, -0.2) is 4.98 Å². The number of hydrogen-bond acceptors (Lipinski definition) is 3. The maximum absolute atomic E-state index is 9.60. The Balaban J connectivity index is 2.36. The van der Waals surface area contributed by atoms with Crippen molar-refractivity contribution >= 4 is 44.3 Å². The van der Waals surface area contributed by atoms with E-state index in [2.05, 4.69) is 20.9 Å². The molecule has 0 radical (unpaired) electrons. The van der Waals surface area contributed by atoms with E-state index in [1.807, 2.05) is 35.8 Å². The number of nitrogens with zero attached hydrogens (tertiary/aromatic N) is 2. The van der Waals surface area contributed by atoms with E-state index in [4.69, 9.17) is 17.3 Å². The Morgan fingerprint density at radius 3 is 2.81 bits per heavy atom. The first-order valence-electron chi connectivity index (χ1n) is 6.35. The number of anilines is 1. The van der Waals surface area contributed by atoms with Gasteiger partial charge in [-0.2, -0.15) is 0 Å². The molecule has 21 heavy (non-hydrogen) atoms. The van der Waals surface area contributed by atoms with Crippen LogP contribution in [0, 0.1) is 6.92 Å². The highest BCUT2D eigenvalue weighted by Gasteiger charge is 2.15. The third-order valence-electron chi connectivity index (χ3n) is 3.36. The molecule has 1 aromatic heterocycles. The van der Waals surface area contributed by atoms with Crippen LogP contribution in [0.1, 0.15) is 11.4 Å². The molecule has 0 fully saturated rings. The normalized spacial score (nSPS) is 11.2. The van der Waals surface area contributed by atoms with E-state index in [0.717, 1.165) is 26.8 Å². The Kier molecular flexibility index (Phi) is 3.65. The summed E-state index contributed by atoms with van der Waals surface area (Å²) in [5, 5.41) is 10.3. The predicted molar refractivity (Wildman–Crippen MR) is 88.9 cm³/mol. The van der Waals surface area contributed by atoms with Crippen LogP contribution in [0.2, 0.25) is 5.02 Å². The lowest BCUT2D eigenvalue weighted by molar-refractivity contribution is 0.270. The molecule has 108 valence electrons. The number of aromatic nitrogens is 2. The van der Waals surface area contributed by atoms with E-state index >= 15 is 0 Å². The Bertz CT molecular complexity index is 845. The van der Waals surface area contributed by atoms with E-state index in [0.29, 0.717) is 16.5 Å². The summed E-state index contributed by atoms with van der Waals surface area (Å²) in [4.78, 5) is 4.43. The summed E-state index contributed by atoms with van der Waals surface area (Å²) >= 11 is 9.79. The first kappa shape index (κ1) is 14.4. The maximum Gasteiger partial charge on any atom is 0.140 e. The van der Waals surface area contributed by atoms with Gasteiger partial charge >= 0.3 is 0 Å². The lowest BCUT2D eigenvalue weighted by atomic mass is 10.2. The van der Waals surface area contributed by atoms with Crippen molar-refractivity contribution in [2.24, 2.45) is 0 Å². The Labute approximate surface area is 135 Å². The SMILES string of the molecule is Cc1cc(Br)c(-n2c(CO)nc3cc(N)ccc32)cc1Cl. The van der Waals surface area contributed by atoms with Gasteiger partial charge in [0.05, 0.1) is 16.7 Å². The molecule has 0 aliphatic heterocycles. The molecule has 4 nitrogen and oxygen atoms in total.